The van der Waals surface area contributed by atoms with E-state index in [9.17, 15) is 4.79 Å². The molecule has 1 aromatic carbocycles. The highest BCUT2D eigenvalue weighted by atomic mass is 16.5. The van der Waals surface area contributed by atoms with Crippen molar-refractivity contribution in [3.8, 4) is 5.75 Å². The number of methoxy groups -OCH3 is 1. The lowest BCUT2D eigenvalue weighted by molar-refractivity contribution is -0.126. The van der Waals surface area contributed by atoms with Crippen LogP contribution in [0.15, 0.2) is 30.3 Å². The predicted octanol–water partition coefficient (Wildman–Crippen LogP) is 2.31. The van der Waals surface area contributed by atoms with E-state index in [2.05, 4.69) is 22.4 Å². The molecule has 0 saturated carbocycles. The average molecular weight is 288 g/mol. The molecule has 1 N–H and O–H groups in total. The van der Waals surface area contributed by atoms with Crippen molar-refractivity contribution in [3.05, 3.63) is 35.9 Å². The number of likely N-dealkylation sites (tertiary alicyclic amines) is 1. The van der Waals surface area contributed by atoms with Gasteiger partial charge in [-0.05, 0) is 37.1 Å². The number of likely N-dealkylation sites (N-methyl/N-ethyl adjacent to an activating group) is 1. The van der Waals surface area contributed by atoms with Crippen LogP contribution in [0.25, 0.3) is 6.08 Å². The normalized spacial score (nSPS) is 19.6. The van der Waals surface area contributed by atoms with Crippen LogP contribution >= 0.6 is 0 Å². The lowest BCUT2D eigenvalue weighted by Crippen LogP contribution is -2.48. The van der Waals surface area contributed by atoms with E-state index in [-0.39, 0.29) is 11.9 Å². The highest BCUT2D eigenvalue weighted by molar-refractivity contribution is 5.81. The molecule has 1 aliphatic rings. The van der Waals surface area contributed by atoms with Crippen molar-refractivity contribution in [1.82, 2.24) is 10.2 Å². The molecule has 0 aliphatic carbocycles. The summed E-state index contributed by atoms with van der Waals surface area (Å²) < 4.78 is 5.14. The minimum atomic E-state index is 0.0178. The number of carbonyl (C=O) groups excluding carboxylic acids is 1. The maximum Gasteiger partial charge on any atom is 0.237 e. The fraction of sp³-hybridized carbons (Fsp3) is 0.471. The first-order chi connectivity index (χ1) is 10.2. The fourth-order valence-corrected chi connectivity index (χ4v) is 2.71. The Morgan fingerprint density at radius 3 is 2.81 bits per heavy atom. The largest absolute Gasteiger partial charge is 0.497 e. The molecule has 4 nitrogen and oxygen atoms in total. The quantitative estimate of drug-likeness (QED) is 0.904. The van der Waals surface area contributed by atoms with Gasteiger partial charge in [0.2, 0.25) is 5.91 Å². The van der Waals surface area contributed by atoms with E-state index in [1.165, 1.54) is 6.42 Å². The number of benzene rings is 1. The average Bonchev–Trinajstić information content (AvgIpc) is 2.55. The zero-order valence-electron chi connectivity index (χ0n) is 12.8. The smallest absolute Gasteiger partial charge is 0.237 e. The molecule has 1 amide bonds. The summed E-state index contributed by atoms with van der Waals surface area (Å²) in [5.74, 6) is 0.996. The van der Waals surface area contributed by atoms with Crippen LogP contribution in [0.2, 0.25) is 0 Å². The molecular weight excluding hydrogens is 264 g/mol. The molecule has 1 heterocycles. The summed E-state index contributed by atoms with van der Waals surface area (Å²) in [5.41, 5.74) is 1.14. The third kappa shape index (κ3) is 4.33. The SMILES string of the molecule is CNC(=O)C1CCCCN1C/C=C/c1ccc(OC)cc1. The second-order valence-corrected chi connectivity index (χ2v) is 5.30. The maximum atomic E-state index is 11.9. The van der Waals surface area contributed by atoms with Crippen LogP contribution in [0, 0.1) is 0 Å². The third-order valence-electron chi connectivity index (χ3n) is 3.93. The number of ether oxygens (including phenoxy) is 1. The Bertz CT molecular complexity index is 482. The number of carbonyl (C=O) groups is 1. The highest BCUT2D eigenvalue weighted by Gasteiger charge is 2.26. The van der Waals surface area contributed by atoms with Crippen LogP contribution in [-0.2, 0) is 4.79 Å². The number of piperidine rings is 1. The van der Waals surface area contributed by atoms with E-state index in [4.69, 9.17) is 4.74 Å². The second-order valence-electron chi connectivity index (χ2n) is 5.30. The summed E-state index contributed by atoms with van der Waals surface area (Å²) in [6.45, 7) is 1.80. The van der Waals surface area contributed by atoms with Crippen molar-refractivity contribution >= 4 is 12.0 Å². The number of nitrogens with zero attached hydrogens (tertiary/aromatic N) is 1. The molecule has 1 aromatic rings. The molecule has 21 heavy (non-hydrogen) atoms. The van der Waals surface area contributed by atoms with Gasteiger partial charge in [0.1, 0.15) is 5.75 Å². The molecule has 2 rings (SSSR count). The molecule has 0 bridgehead atoms. The van der Waals surface area contributed by atoms with Gasteiger partial charge in [0.25, 0.3) is 0 Å². The van der Waals surface area contributed by atoms with Gasteiger partial charge in [-0.1, -0.05) is 30.7 Å². The van der Waals surface area contributed by atoms with Crippen molar-refractivity contribution in [2.45, 2.75) is 25.3 Å². The first-order valence-electron chi connectivity index (χ1n) is 7.51. The number of hydrogen-bond acceptors (Lipinski definition) is 3. The molecule has 1 saturated heterocycles. The van der Waals surface area contributed by atoms with E-state index in [1.807, 2.05) is 24.3 Å². The van der Waals surface area contributed by atoms with Gasteiger partial charge >= 0.3 is 0 Å². The topological polar surface area (TPSA) is 41.6 Å². The van der Waals surface area contributed by atoms with Gasteiger partial charge < -0.3 is 10.1 Å². The Morgan fingerprint density at radius 2 is 2.14 bits per heavy atom. The van der Waals surface area contributed by atoms with Crippen molar-refractivity contribution < 1.29 is 9.53 Å². The number of amides is 1. The van der Waals surface area contributed by atoms with Gasteiger partial charge in [-0.25, -0.2) is 0 Å². The maximum absolute atomic E-state index is 11.9. The van der Waals surface area contributed by atoms with Gasteiger partial charge in [0.15, 0.2) is 0 Å². The number of rotatable bonds is 5. The van der Waals surface area contributed by atoms with E-state index in [1.54, 1.807) is 14.2 Å². The Kier molecular flexibility index (Phi) is 5.81. The molecule has 0 aromatic heterocycles. The standard InChI is InChI=1S/C17H24N2O2/c1-18-17(20)16-7-3-4-12-19(16)13-5-6-14-8-10-15(21-2)11-9-14/h5-6,8-11,16H,3-4,7,12-13H2,1-2H3,(H,18,20)/b6-5+. The summed E-state index contributed by atoms with van der Waals surface area (Å²) in [6, 6.07) is 7.98. The summed E-state index contributed by atoms with van der Waals surface area (Å²) in [4.78, 5) is 14.1. The van der Waals surface area contributed by atoms with Crippen LogP contribution < -0.4 is 10.1 Å². The predicted molar refractivity (Wildman–Crippen MR) is 85.3 cm³/mol. The van der Waals surface area contributed by atoms with Crippen molar-refractivity contribution in [2.75, 3.05) is 27.2 Å². The van der Waals surface area contributed by atoms with Crippen LogP contribution in [0.4, 0.5) is 0 Å². The zero-order valence-corrected chi connectivity index (χ0v) is 12.8. The van der Waals surface area contributed by atoms with E-state index < -0.39 is 0 Å². The molecule has 0 spiro atoms. The molecule has 114 valence electrons. The Hall–Kier alpha value is -1.81. The first-order valence-corrected chi connectivity index (χ1v) is 7.51. The molecule has 1 aliphatic heterocycles. The second kappa shape index (κ2) is 7.84. The van der Waals surface area contributed by atoms with Gasteiger partial charge in [-0.3, -0.25) is 9.69 Å². The molecule has 1 fully saturated rings. The van der Waals surface area contributed by atoms with Gasteiger partial charge in [-0.15, -0.1) is 0 Å². The first kappa shape index (κ1) is 15.6. The minimum absolute atomic E-state index is 0.0178. The van der Waals surface area contributed by atoms with Crippen LogP contribution in [0.5, 0.6) is 5.75 Å². The molecule has 1 unspecified atom stereocenters. The zero-order chi connectivity index (χ0) is 15.1. The molecular formula is C17H24N2O2. The summed E-state index contributed by atoms with van der Waals surface area (Å²) in [5, 5.41) is 2.77. The fourth-order valence-electron chi connectivity index (χ4n) is 2.71. The van der Waals surface area contributed by atoms with E-state index >= 15 is 0 Å². The third-order valence-corrected chi connectivity index (χ3v) is 3.93. The lowest BCUT2D eigenvalue weighted by atomic mass is 10.0. The molecule has 0 radical (unpaired) electrons. The van der Waals surface area contributed by atoms with Crippen molar-refractivity contribution in [1.29, 1.82) is 0 Å². The molecule has 4 heteroatoms. The highest BCUT2D eigenvalue weighted by Crippen LogP contribution is 2.17. The van der Waals surface area contributed by atoms with Crippen molar-refractivity contribution in [3.63, 3.8) is 0 Å². The Morgan fingerprint density at radius 1 is 1.38 bits per heavy atom. The van der Waals surface area contributed by atoms with Crippen LogP contribution in [-0.4, -0.2) is 44.1 Å². The monoisotopic (exact) mass is 288 g/mol. The minimum Gasteiger partial charge on any atom is -0.497 e. The van der Waals surface area contributed by atoms with Crippen molar-refractivity contribution in [2.24, 2.45) is 0 Å². The van der Waals surface area contributed by atoms with Crippen LogP contribution in [0.1, 0.15) is 24.8 Å². The summed E-state index contributed by atoms with van der Waals surface area (Å²) in [6.07, 6.45) is 7.48. The lowest BCUT2D eigenvalue weighted by Gasteiger charge is -2.33. The summed E-state index contributed by atoms with van der Waals surface area (Å²) >= 11 is 0. The van der Waals surface area contributed by atoms with E-state index in [0.29, 0.717) is 0 Å². The Balaban J connectivity index is 1.93. The van der Waals surface area contributed by atoms with E-state index in [0.717, 1.165) is 37.2 Å². The molecule has 1 atom stereocenters. The summed E-state index contributed by atoms with van der Waals surface area (Å²) in [7, 11) is 3.38. The van der Waals surface area contributed by atoms with Crippen LogP contribution in [0.3, 0.4) is 0 Å². The number of hydrogen-bond donors (Lipinski definition) is 1. The Labute approximate surface area is 126 Å². The van der Waals surface area contributed by atoms with Gasteiger partial charge in [-0.2, -0.15) is 0 Å². The number of nitrogens with one attached hydrogen (secondary N) is 1. The van der Waals surface area contributed by atoms with Gasteiger partial charge in [0, 0.05) is 13.6 Å². The van der Waals surface area contributed by atoms with Gasteiger partial charge in [0.05, 0.1) is 13.2 Å².